The van der Waals surface area contributed by atoms with E-state index in [4.69, 9.17) is 0 Å². The second-order valence-corrected chi connectivity index (χ2v) is 6.64. The number of carbonyl (C=O) groups excluding carboxylic acids is 1. The lowest BCUT2D eigenvalue weighted by atomic mass is 10.2. The largest absolute Gasteiger partial charge is 0.366 e. The molecule has 1 amide bonds. The van der Waals surface area contributed by atoms with Crippen LogP contribution >= 0.6 is 0 Å². The Kier molecular flexibility index (Phi) is 6.04. The highest BCUT2D eigenvalue weighted by molar-refractivity contribution is 5.94. The quantitative estimate of drug-likeness (QED) is 0.823. The van der Waals surface area contributed by atoms with E-state index in [1.54, 1.807) is 6.20 Å². The number of hydrogen-bond donors (Lipinski definition) is 0. The van der Waals surface area contributed by atoms with Gasteiger partial charge in [-0.15, -0.1) is 0 Å². The van der Waals surface area contributed by atoms with Crippen molar-refractivity contribution in [2.75, 3.05) is 24.5 Å². The average molecular weight is 337 g/mol. The Balaban J connectivity index is 1.76. The lowest BCUT2D eigenvalue weighted by molar-refractivity contribution is 0.0761. The Morgan fingerprint density at radius 2 is 1.80 bits per heavy atom. The summed E-state index contributed by atoms with van der Waals surface area (Å²) in [4.78, 5) is 21.4. The van der Waals surface area contributed by atoms with Crippen LogP contribution in [0.15, 0.2) is 48.8 Å². The summed E-state index contributed by atoms with van der Waals surface area (Å²) in [5.41, 5.74) is 2.96. The van der Waals surface area contributed by atoms with Crippen molar-refractivity contribution in [3.8, 4) is 0 Å². The molecular formula is C21H27N3O. The fraction of sp³-hybridized carbons (Fsp3) is 0.429. The molecule has 0 saturated carbocycles. The number of hydrogen-bond acceptors (Lipinski definition) is 3. The Morgan fingerprint density at radius 1 is 1.08 bits per heavy atom. The third kappa shape index (κ3) is 4.59. The summed E-state index contributed by atoms with van der Waals surface area (Å²) in [5, 5.41) is 0. The highest BCUT2D eigenvalue weighted by atomic mass is 16.2. The van der Waals surface area contributed by atoms with Crippen LogP contribution in [0, 0.1) is 0 Å². The lowest BCUT2D eigenvalue weighted by Gasteiger charge is -2.24. The molecule has 1 saturated heterocycles. The second-order valence-electron chi connectivity index (χ2n) is 6.64. The Labute approximate surface area is 150 Å². The van der Waals surface area contributed by atoms with Crippen molar-refractivity contribution in [1.29, 1.82) is 0 Å². The van der Waals surface area contributed by atoms with Crippen LogP contribution in [0.1, 0.15) is 48.5 Å². The molecule has 0 bridgehead atoms. The van der Waals surface area contributed by atoms with Gasteiger partial charge in [0.15, 0.2) is 0 Å². The molecule has 132 valence electrons. The summed E-state index contributed by atoms with van der Waals surface area (Å²) in [6, 6.07) is 12.4. The van der Waals surface area contributed by atoms with Crippen LogP contribution in [0.4, 0.5) is 5.69 Å². The number of anilines is 1. The molecule has 1 aromatic heterocycles. The second kappa shape index (κ2) is 8.65. The fourth-order valence-corrected chi connectivity index (χ4v) is 3.36. The first-order valence-corrected chi connectivity index (χ1v) is 9.31. The van der Waals surface area contributed by atoms with Gasteiger partial charge in [0.25, 0.3) is 5.91 Å². The summed E-state index contributed by atoms with van der Waals surface area (Å²) >= 11 is 0. The first kappa shape index (κ1) is 17.5. The molecule has 2 heterocycles. The van der Waals surface area contributed by atoms with Crippen molar-refractivity contribution in [2.24, 2.45) is 0 Å². The van der Waals surface area contributed by atoms with Gasteiger partial charge in [-0.2, -0.15) is 0 Å². The smallest absolute Gasteiger partial charge is 0.255 e. The molecule has 0 aliphatic carbocycles. The molecule has 0 unspecified atom stereocenters. The standard InChI is InChI=1S/C21H27N3O/c1-2-23(17-18-10-6-5-7-11-18)20-14-19(15-22-16-20)21(25)24-12-8-3-4-9-13-24/h5-7,10-11,14-16H,2-4,8-9,12-13,17H2,1H3. The minimum Gasteiger partial charge on any atom is -0.366 e. The van der Waals surface area contributed by atoms with Crippen molar-refractivity contribution in [2.45, 2.75) is 39.2 Å². The highest BCUT2D eigenvalue weighted by Crippen LogP contribution is 2.20. The topological polar surface area (TPSA) is 36.4 Å². The monoisotopic (exact) mass is 337 g/mol. The van der Waals surface area contributed by atoms with Crippen molar-refractivity contribution in [1.82, 2.24) is 9.88 Å². The van der Waals surface area contributed by atoms with Gasteiger partial charge >= 0.3 is 0 Å². The van der Waals surface area contributed by atoms with Crippen LogP contribution in [0.25, 0.3) is 0 Å². The highest BCUT2D eigenvalue weighted by Gasteiger charge is 2.18. The Hall–Kier alpha value is -2.36. The van der Waals surface area contributed by atoms with E-state index in [0.717, 1.165) is 44.7 Å². The molecule has 4 heteroatoms. The summed E-state index contributed by atoms with van der Waals surface area (Å²) in [5.74, 6) is 0.118. The first-order chi connectivity index (χ1) is 12.3. The first-order valence-electron chi connectivity index (χ1n) is 9.31. The Bertz CT molecular complexity index is 679. The lowest BCUT2D eigenvalue weighted by Crippen LogP contribution is -2.32. The van der Waals surface area contributed by atoms with Crippen LogP contribution in [0.3, 0.4) is 0 Å². The minimum absolute atomic E-state index is 0.118. The zero-order valence-electron chi connectivity index (χ0n) is 15.0. The predicted octanol–water partition coefficient (Wildman–Crippen LogP) is 4.12. The maximum absolute atomic E-state index is 12.8. The molecule has 0 radical (unpaired) electrons. The molecule has 0 spiro atoms. The van der Waals surface area contributed by atoms with Gasteiger partial charge < -0.3 is 9.80 Å². The van der Waals surface area contributed by atoms with Crippen LogP contribution < -0.4 is 4.90 Å². The van der Waals surface area contributed by atoms with Crippen molar-refractivity contribution in [3.63, 3.8) is 0 Å². The maximum Gasteiger partial charge on any atom is 0.255 e. The van der Waals surface area contributed by atoms with Crippen LogP contribution in [-0.4, -0.2) is 35.4 Å². The van der Waals surface area contributed by atoms with E-state index < -0.39 is 0 Å². The molecule has 3 rings (SSSR count). The van der Waals surface area contributed by atoms with Gasteiger partial charge in [0.2, 0.25) is 0 Å². The van der Waals surface area contributed by atoms with Gasteiger partial charge in [0.1, 0.15) is 0 Å². The molecular weight excluding hydrogens is 310 g/mol. The Morgan fingerprint density at radius 3 is 2.48 bits per heavy atom. The number of carbonyl (C=O) groups is 1. The van der Waals surface area contributed by atoms with Crippen LogP contribution in [0.5, 0.6) is 0 Å². The van der Waals surface area contributed by atoms with Gasteiger partial charge in [-0.1, -0.05) is 43.2 Å². The number of aromatic nitrogens is 1. The summed E-state index contributed by atoms with van der Waals surface area (Å²) < 4.78 is 0. The molecule has 1 aliphatic heterocycles. The maximum atomic E-state index is 12.8. The van der Waals surface area contributed by atoms with E-state index >= 15 is 0 Å². The molecule has 0 N–H and O–H groups in total. The van der Waals surface area contributed by atoms with E-state index in [0.29, 0.717) is 5.56 Å². The van der Waals surface area contributed by atoms with Gasteiger partial charge in [0, 0.05) is 32.4 Å². The summed E-state index contributed by atoms with van der Waals surface area (Å²) in [6.45, 7) is 5.56. The predicted molar refractivity (Wildman–Crippen MR) is 102 cm³/mol. The van der Waals surface area contributed by atoms with E-state index in [9.17, 15) is 4.79 Å². The van der Waals surface area contributed by atoms with Gasteiger partial charge in [-0.05, 0) is 31.4 Å². The normalized spacial score (nSPS) is 14.8. The zero-order chi connectivity index (χ0) is 17.5. The van der Waals surface area contributed by atoms with Gasteiger partial charge in [-0.3, -0.25) is 9.78 Å². The van der Waals surface area contributed by atoms with Crippen LogP contribution in [-0.2, 0) is 6.54 Å². The van der Waals surface area contributed by atoms with Crippen LogP contribution in [0.2, 0.25) is 0 Å². The number of likely N-dealkylation sites (tertiary alicyclic amines) is 1. The summed E-state index contributed by atoms with van der Waals surface area (Å²) in [6.07, 6.45) is 8.21. The van der Waals surface area contributed by atoms with E-state index in [2.05, 4.69) is 41.1 Å². The number of nitrogens with zero attached hydrogens (tertiary/aromatic N) is 3. The van der Waals surface area contributed by atoms with E-state index in [-0.39, 0.29) is 5.91 Å². The van der Waals surface area contributed by atoms with Gasteiger partial charge in [-0.25, -0.2) is 0 Å². The molecule has 25 heavy (non-hydrogen) atoms. The molecule has 4 nitrogen and oxygen atoms in total. The third-order valence-electron chi connectivity index (χ3n) is 4.83. The minimum atomic E-state index is 0.118. The van der Waals surface area contributed by atoms with E-state index in [1.165, 1.54) is 18.4 Å². The van der Waals surface area contributed by atoms with Crippen molar-refractivity contribution in [3.05, 3.63) is 59.9 Å². The molecule has 1 aliphatic rings. The van der Waals surface area contributed by atoms with Crippen molar-refractivity contribution < 1.29 is 4.79 Å². The molecule has 1 fully saturated rings. The zero-order valence-corrected chi connectivity index (χ0v) is 15.0. The van der Waals surface area contributed by atoms with Gasteiger partial charge in [0.05, 0.1) is 17.4 Å². The molecule has 1 aromatic carbocycles. The number of pyridine rings is 1. The van der Waals surface area contributed by atoms with Crippen molar-refractivity contribution >= 4 is 11.6 Å². The molecule has 2 aromatic rings. The third-order valence-corrected chi connectivity index (χ3v) is 4.83. The summed E-state index contributed by atoms with van der Waals surface area (Å²) in [7, 11) is 0. The SMILES string of the molecule is CCN(Cc1ccccc1)c1cncc(C(=O)N2CCCCCC2)c1. The number of amides is 1. The van der Waals surface area contributed by atoms with E-state index in [1.807, 2.05) is 23.2 Å². The average Bonchev–Trinajstić information content (AvgIpc) is 2.96. The molecule has 0 atom stereocenters. The number of rotatable bonds is 5. The number of benzene rings is 1. The fourth-order valence-electron chi connectivity index (χ4n) is 3.36.